The monoisotopic (exact) mass is 244 g/mol. The summed E-state index contributed by atoms with van der Waals surface area (Å²) in [6.45, 7) is 8.61. The second-order valence-electron chi connectivity index (χ2n) is 5.17. The third kappa shape index (κ3) is 3.91. The Labute approximate surface area is 105 Å². The summed E-state index contributed by atoms with van der Waals surface area (Å²) in [4.78, 5) is 2.39. The molecule has 1 aliphatic rings. The van der Waals surface area contributed by atoms with Crippen LogP contribution in [0.4, 0.5) is 0 Å². The van der Waals surface area contributed by atoms with E-state index in [9.17, 15) is 5.11 Å². The number of hydrogen-bond acceptors (Lipinski definition) is 4. The molecule has 0 aromatic carbocycles. The van der Waals surface area contributed by atoms with Gasteiger partial charge in [0.2, 0.25) is 0 Å². The van der Waals surface area contributed by atoms with Gasteiger partial charge in [-0.3, -0.25) is 4.90 Å². The van der Waals surface area contributed by atoms with Crippen molar-refractivity contribution in [2.24, 2.45) is 11.1 Å². The molecule has 0 amide bonds. The quantitative estimate of drug-likeness (QED) is 0.664. The molecule has 0 bridgehead atoms. The van der Waals surface area contributed by atoms with E-state index in [0.717, 1.165) is 45.6 Å². The van der Waals surface area contributed by atoms with E-state index in [4.69, 9.17) is 10.5 Å². The molecule has 4 heteroatoms. The van der Waals surface area contributed by atoms with Gasteiger partial charge in [0.1, 0.15) is 0 Å². The van der Waals surface area contributed by atoms with Crippen molar-refractivity contribution < 1.29 is 9.84 Å². The molecule has 1 heterocycles. The molecular weight excluding hydrogens is 216 g/mol. The van der Waals surface area contributed by atoms with E-state index >= 15 is 0 Å². The minimum atomic E-state index is 0.109. The van der Waals surface area contributed by atoms with Crippen LogP contribution >= 0.6 is 0 Å². The van der Waals surface area contributed by atoms with Crippen molar-refractivity contribution in [3.8, 4) is 0 Å². The zero-order chi connectivity index (χ0) is 12.7. The summed E-state index contributed by atoms with van der Waals surface area (Å²) in [5.41, 5.74) is 6.04. The second kappa shape index (κ2) is 7.31. The Kier molecular flexibility index (Phi) is 6.41. The van der Waals surface area contributed by atoms with Crippen LogP contribution < -0.4 is 5.73 Å². The van der Waals surface area contributed by atoms with Crippen LogP contribution in [0.25, 0.3) is 0 Å². The average Bonchev–Trinajstić information content (AvgIpc) is 2.80. The lowest BCUT2D eigenvalue weighted by molar-refractivity contribution is 0.0727. The molecule has 1 atom stereocenters. The Morgan fingerprint density at radius 3 is 2.53 bits per heavy atom. The average molecular weight is 244 g/mol. The molecule has 0 saturated carbocycles. The summed E-state index contributed by atoms with van der Waals surface area (Å²) < 4.78 is 5.51. The topological polar surface area (TPSA) is 58.7 Å². The molecule has 0 spiro atoms. The number of ether oxygens (including phenoxy) is 1. The normalized spacial score (nSPS) is 25.1. The maximum absolute atomic E-state index is 9.20. The lowest BCUT2D eigenvalue weighted by atomic mass is 9.86. The van der Waals surface area contributed by atoms with Crippen LogP contribution in [-0.4, -0.2) is 55.5 Å². The zero-order valence-corrected chi connectivity index (χ0v) is 11.3. The molecule has 102 valence electrons. The van der Waals surface area contributed by atoms with Gasteiger partial charge in [-0.2, -0.15) is 0 Å². The molecule has 0 aliphatic carbocycles. The standard InChI is InChI=1S/C13H28N2O2/c1-3-12(4-2)15(6-7-16)10-13(9-14)5-8-17-11-13/h12,16H,3-11,14H2,1-2H3. The largest absolute Gasteiger partial charge is 0.395 e. The summed E-state index contributed by atoms with van der Waals surface area (Å²) in [5, 5.41) is 9.20. The molecule has 0 aromatic heterocycles. The van der Waals surface area contributed by atoms with Gasteiger partial charge in [0, 0.05) is 37.7 Å². The van der Waals surface area contributed by atoms with Crippen molar-refractivity contribution in [2.75, 3.05) is 39.5 Å². The summed E-state index contributed by atoms with van der Waals surface area (Å²) in [5.74, 6) is 0. The maximum Gasteiger partial charge on any atom is 0.0558 e. The zero-order valence-electron chi connectivity index (χ0n) is 11.3. The van der Waals surface area contributed by atoms with Gasteiger partial charge in [0.05, 0.1) is 13.2 Å². The molecule has 1 rings (SSSR count). The number of aliphatic hydroxyl groups is 1. The fraction of sp³-hybridized carbons (Fsp3) is 1.00. The van der Waals surface area contributed by atoms with Crippen LogP contribution in [0.15, 0.2) is 0 Å². The fourth-order valence-electron chi connectivity index (χ4n) is 2.75. The third-order valence-corrected chi connectivity index (χ3v) is 4.00. The first-order chi connectivity index (χ1) is 8.21. The van der Waals surface area contributed by atoms with Crippen LogP contribution in [0, 0.1) is 5.41 Å². The van der Waals surface area contributed by atoms with Crippen LogP contribution in [0.3, 0.4) is 0 Å². The van der Waals surface area contributed by atoms with Crippen LogP contribution in [-0.2, 0) is 4.74 Å². The smallest absolute Gasteiger partial charge is 0.0558 e. The van der Waals surface area contributed by atoms with Crippen LogP contribution in [0.5, 0.6) is 0 Å². The highest BCUT2D eigenvalue weighted by molar-refractivity contribution is 4.88. The highest BCUT2D eigenvalue weighted by atomic mass is 16.5. The van der Waals surface area contributed by atoms with Crippen molar-refractivity contribution in [1.29, 1.82) is 0 Å². The summed E-state index contributed by atoms with van der Waals surface area (Å²) in [7, 11) is 0. The first-order valence-corrected chi connectivity index (χ1v) is 6.84. The highest BCUT2D eigenvalue weighted by Crippen LogP contribution is 2.29. The van der Waals surface area contributed by atoms with Gasteiger partial charge < -0.3 is 15.6 Å². The molecule has 3 N–H and O–H groups in total. The van der Waals surface area contributed by atoms with Crippen molar-refractivity contribution >= 4 is 0 Å². The van der Waals surface area contributed by atoms with E-state index in [1.54, 1.807) is 0 Å². The number of hydrogen-bond donors (Lipinski definition) is 2. The van der Waals surface area contributed by atoms with Crippen LogP contribution in [0.2, 0.25) is 0 Å². The summed E-state index contributed by atoms with van der Waals surface area (Å²) in [6.07, 6.45) is 3.29. The van der Waals surface area contributed by atoms with E-state index in [0.29, 0.717) is 12.6 Å². The first-order valence-electron chi connectivity index (χ1n) is 6.84. The van der Waals surface area contributed by atoms with E-state index in [1.165, 1.54) is 0 Å². The van der Waals surface area contributed by atoms with Gasteiger partial charge in [-0.25, -0.2) is 0 Å². The lowest BCUT2D eigenvalue weighted by Crippen LogP contribution is -2.48. The molecule has 0 radical (unpaired) electrons. The molecule has 1 saturated heterocycles. The molecule has 4 nitrogen and oxygen atoms in total. The van der Waals surface area contributed by atoms with Gasteiger partial charge in [-0.05, 0) is 19.3 Å². The van der Waals surface area contributed by atoms with Crippen molar-refractivity contribution in [3.63, 3.8) is 0 Å². The van der Waals surface area contributed by atoms with E-state index in [2.05, 4.69) is 18.7 Å². The van der Waals surface area contributed by atoms with Crippen LogP contribution in [0.1, 0.15) is 33.1 Å². The van der Waals surface area contributed by atoms with Gasteiger partial charge in [-0.1, -0.05) is 13.8 Å². The van der Waals surface area contributed by atoms with Gasteiger partial charge in [0.15, 0.2) is 0 Å². The van der Waals surface area contributed by atoms with Crippen molar-refractivity contribution in [2.45, 2.75) is 39.2 Å². The highest BCUT2D eigenvalue weighted by Gasteiger charge is 2.36. The number of aliphatic hydroxyl groups excluding tert-OH is 1. The molecule has 17 heavy (non-hydrogen) atoms. The Hall–Kier alpha value is -0.160. The van der Waals surface area contributed by atoms with Crippen molar-refractivity contribution in [1.82, 2.24) is 4.90 Å². The van der Waals surface area contributed by atoms with E-state index < -0.39 is 0 Å². The van der Waals surface area contributed by atoms with Crippen molar-refractivity contribution in [3.05, 3.63) is 0 Å². The Morgan fingerprint density at radius 1 is 1.41 bits per heavy atom. The van der Waals surface area contributed by atoms with Gasteiger partial charge in [0.25, 0.3) is 0 Å². The lowest BCUT2D eigenvalue weighted by Gasteiger charge is -2.37. The number of rotatable bonds is 8. The predicted octanol–water partition coefficient (Wildman–Crippen LogP) is 0.835. The number of nitrogens with zero attached hydrogens (tertiary/aromatic N) is 1. The van der Waals surface area contributed by atoms with E-state index in [1.807, 2.05) is 0 Å². The van der Waals surface area contributed by atoms with Gasteiger partial charge >= 0.3 is 0 Å². The molecule has 1 unspecified atom stereocenters. The summed E-state index contributed by atoms with van der Waals surface area (Å²) in [6, 6.07) is 0.547. The second-order valence-corrected chi connectivity index (χ2v) is 5.17. The summed E-state index contributed by atoms with van der Waals surface area (Å²) >= 11 is 0. The molecular formula is C13H28N2O2. The predicted molar refractivity (Wildman–Crippen MR) is 70.0 cm³/mol. The van der Waals surface area contributed by atoms with Gasteiger partial charge in [-0.15, -0.1) is 0 Å². The minimum Gasteiger partial charge on any atom is -0.395 e. The minimum absolute atomic E-state index is 0.109. The first kappa shape index (κ1) is 14.9. The SMILES string of the molecule is CCC(CC)N(CCO)CC1(CN)CCOC1. The molecule has 1 fully saturated rings. The maximum atomic E-state index is 9.20. The Morgan fingerprint density at radius 2 is 2.12 bits per heavy atom. The Bertz CT molecular complexity index is 202. The third-order valence-electron chi connectivity index (χ3n) is 4.00. The van der Waals surface area contributed by atoms with E-state index in [-0.39, 0.29) is 12.0 Å². The Balaban J connectivity index is 2.63. The molecule has 1 aliphatic heterocycles. The number of nitrogens with two attached hydrogens (primary N) is 1. The molecule has 0 aromatic rings. The fourth-order valence-corrected chi connectivity index (χ4v) is 2.75.